The predicted molar refractivity (Wildman–Crippen MR) is 123 cm³/mol. The Labute approximate surface area is 185 Å². The maximum atomic E-state index is 13.1. The molecule has 1 unspecified atom stereocenters. The Balaban J connectivity index is 1.33. The number of benzene rings is 2. The van der Waals surface area contributed by atoms with Crippen molar-refractivity contribution in [1.29, 1.82) is 0 Å². The molecule has 2 aliphatic heterocycles. The van der Waals surface area contributed by atoms with Crippen molar-refractivity contribution in [3.05, 3.63) is 42.5 Å². The van der Waals surface area contributed by atoms with Crippen molar-refractivity contribution in [3.8, 4) is 0 Å². The smallest absolute Gasteiger partial charge is 0.243 e. The summed E-state index contributed by atoms with van der Waals surface area (Å²) in [6.07, 6.45) is 4.66. The van der Waals surface area contributed by atoms with E-state index in [2.05, 4.69) is 17.1 Å². The molecule has 0 aromatic heterocycles. The van der Waals surface area contributed by atoms with Gasteiger partial charge >= 0.3 is 0 Å². The first-order valence-corrected chi connectivity index (χ1v) is 12.9. The molecule has 2 aromatic rings. The van der Waals surface area contributed by atoms with Crippen molar-refractivity contribution in [2.75, 3.05) is 32.7 Å². The molecule has 0 aliphatic carbocycles. The molecule has 1 N–H and O–H groups in total. The lowest BCUT2D eigenvalue weighted by atomic mass is 9.97. The first kappa shape index (κ1) is 22.2. The van der Waals surface area contributed by atoms with Gasteiger partial charge in [-0.25, -0.2) is 8.42 Å². The molecule has 168 valence electrons. The second-order valence-electron chi connectivity index (χ2n) is 8.74. The van der Waals surface area contributed by atoms with Crippen molar-refractivity contribution < 1.29 is 13.2 Å². The van der Waals surface area contributed by atoms with Gasteiger partial charge in [0.2, 0.25) is 15.9 Å². The molecule has 2 heterocycles. The number of carbonyl (C=O) groups is 1. The Bertz CT molecular complexity index is 1010. The van der Waals surface area contributed by atoms with E-state index in [1.807, 2.05) is 30.3 Å². The lowest BCUT2D eigenvalue weighted by Gasteiger charge is -2.32. The Hall–Kier alpha value is -1.96. The predicted octanol–water partition coefficient (Wildman–Crippen LogP) is 3.23. The van der Waals surface area contributed by atoms with Crippen LogP contribution in [0.25, 0.3) is 10.8 Å². The molecule has 1 amide bonds. The number of nitrogens with zero attached hydrogens (tertiary/aromatic N) is 2. The quantitative estimate of drug-likeness (QED) is 0.713. The number of hydrogen-bond acceptors (Lipinski definition) is 4. The zero-order valence-electron chi connectivity index (χ0n) is 18.3. The van der Waals surface area contributed by atoms with E-state index in [0.29, 0.717) is 43.4 Å². The zero-order chi connectivity index (χ0) is 21.8. The molecule has 6 nitrogen and oxygen atoms in total. The van der Waals surface area contributed by atoms with E-state index in [-0.39, 0.29) is 11.8 Å². The van der Waals surface area contributed by atoms with Gasteiger partial charge in [0.05, 0.1) is 4.90 Å². The standard InChI is InChI=1S/C24H33N3O3S/c1-2-22(26-13-5-6-14-26)18-25-24(28)20-11-15-27(16-12-20)31(29,30)23-10-9-19-7-3-4-8-21(19)17-23/h3-4,7-10,17,20,22H,2,5-6,11-16,18H2,1H3,(H,25,28). The van der Waals surface area contributed by atoms with Crippen molar-refractivity contribution in [1.82, 2.24) is 14.5 Å². The van der Waals surface area contributed by atoms with Crippen LogP contribution in [0.15, 0.2) is 47.4 Å². The topological polar surface area (TPSA) is 69.7 Å². The number of amides is 1. The third kappa shape index (κ3) is 4.94. The van der Waals surface area contributed by atoms with E-state index in [1.165, 1.54) is 17.1 Å². The van der Waals surface area contributed by atoms with E-state index >= 15 is 0 Å². The summed E-state index contributed by atoms with van der Waals surface area (Å²) < 4.78 is 27.8. The van der Waals surface area contributed by atoms with Gasteiger partial charge in [0.25, 0.3) is 0 Å². The van der Waals surface area contributed by atoms with Crippen molar-refractivity contribution in [2.24, 2.45) is 5.92 Å². The third-order valence-electron chi connectivity index (χ3n) is 6.82. The van der Waals surface area contributed by atoms with Crippen LogP contribution in [0.2, 0.25) is 0 Å². The highest BCUT2D eigenvalue weighted by molar-refractivity contribution is 7.89. The fraction of sp³-hybridized carbons (Fsp3) is 0.542. The SMILES string of the molecule is CCC(CNC(=O)C1CCN(S(=O)(=O)c2ccc3ccccc3c2)CC1)N1CCCC1. The van der Waals surface area contributed by atoms with Crippen molar-refractivity contribution in [3.63, 3.8) is 0 Å². The first-order chi connectivity index (χ1) is 15.0. The highest BCUT2D eigenvalue weighted by Gasteiger charge is 2.32. The van der Waals surface area contributed by atoms with E-state index in [0.717, 1.165) is 30.3 Å². The van der Waals surface area contributed by atoms with Gasteiger partial charge in [-0.3, -0.25) is 9.69 Å². The van der Waals surface area contributed by atoms with Gasteiger partial charge in [-0.1, -0.05) is 37.3 Å². The highest BCUT2D eigenvalue weighted by Crippen LogP contribution is 2.26. The van der Waals surface area contributed by atoms with Gasteiger partial charge in [-0.2, -0.15) is 4.31 Å². The Morgan fingerprint density at radius 2 is 1.71 bits per heavy atom. The second kappa shape index (κ2) is 9.67. The lowest BCUT2D eigenvalue weighted by Crippen LogP contribution is -2.46. The molecule has 4 rings (SSSR count). The van der Waals surface area contributed by atoms with Crippen LogP contribution in [0, 0.1) is 5.92 Å². The maximum absolute atomic E-state index is 13.1. The molecule has 0 spiro atoms. The number of nitrogens with one attached hydrogen (secondary N) is 1. The number of likely N-dealkylation sites (tertiary alicyclic amines) is 1. The number of piperidine rings is 1. The van der Waals surface area contributed by atoms with Crippen LogP contribution in [-0.2, 0) is 14.8 Å². The average Bonchev–Trinajstić information content (AvgIpc) is 3.34. The van der Waals surface area contributed by atoms with Crippen LogP contribution in [0.5, 0.6) is 0 Å². The van der Waals surface area contributed by atoms with Crippen LogP contribution in [0.3, 0.4) is 0 Å². The summed E-state index contributed by atoms with van der Waals surface area (Å²) in [6, 6.07) is 13.4. The van der Waals surface area contributed by atoms with Gasteiger partial charge in [0.1, 0.15) is 0 Å². The number of sulfonamides is 1. The van der Waals surface area contributed by atoms with Gasteiger partial charge in [-0.05, 0) is 68.1 Å². The summed E-state index contributed by atoms with van der Waals surface area (Å²) in [5.74, 6) is -0.0421. The van der Waals surface area contributed by atoms with E-state index in [4.69, 9.17) is 0 Å². The molecule has 0 bridgehead atoms. The summed E-state index contributed by atoms with van der Waals surface area (Å²) in [5.41, 5.74) is 0. The zero-order valence-corrected chi connectivity index (χ0v) is 19.1. The lowest BCUT2D eigenvalue weighted by molar-refractivity contribution is -0.126. The van der Waals surface area contributed by atoms with Gasteiger partial charge in [-0.15, -0.1) is 0 Å². The van der Waals surface area contributed by atoms with E-state index < -0.39 is 10.0 Å². The molecule has 2 aliphatic rings. The second-order valence-corrected chi connectivity index (χ2v) is 10.7. The van der Waals surface area contributed by atoms with Crippen LogP contribution < -0.4 is 5.32 Å². The van der Waals surface area contributed by atoms with Crippen LogP contribution in [-0.4, -0.2) is 62.3 Å². The molecular formula is C24H33N3O3S. The fourth-order valence-corrected chi connectivity index (χ4v) is 6.34. The minimum absolute atomic E-state index is 0.0698. The summed E-state index contributed by atoms with van der Waals surface area (Å²) in [7, 11) is -3.55. The minimum Gasteiger partial charge on any atom is -0.354 e. The number of fused-ring (bicyclic) bond motifs is 1. The molecule has 7 heteroatoms. The number of rotatable bonds is 7. The maximum Gasteiger partial charge on any atom is 0.243 e. The number of carbonyl (C=O) groups excluding carboxylic acids is 1. The van der Waals surface area contributed by atoms with Crippen LogP contribution in [0.4, 0.5) is 0 Å². The van der Waals surface area contributed by atoms with Crippen LogP contribution in [0.1, 0.15) is 39.0 Å². The molecule has 2 saturated heterocycles. The molecule has 0 radical (unpaired) electrons. The molecule has 31 heavy (non-hydrogen) atoms. The highest BCUT2D eigenvalue weighted by atomic mass is 32.2. The van der Waals surface area contributed by atoms with Crippen molar-refractivity contribution in [2.45, 2.75) is 50.0 Å². The normalized spacial score (nSPS) is 20.2. The monoisotopic (exact) mass is 443 g/mol. The summed E-state index contributed by atoms with van der Waals surface area (Å²) in [5, 5.41) is 5.08. The van der Waals surface area contributed by atoms with Crippen LogP contribution >= 0.6 is 0 Å². The van der Waals surface area contributed by atoms with Gasteiger partial charge in [0.15, 0.2) is 0 Å². The Kier molecular flexibility index (Phi) is 6.94. The summed E-state index contributed by atoms with van der Waals surface area (Å²) in [6.45, 7) is 5.88. The molecule has 2 fully saturated rings. The summed E-state index contributed by atoms with van der Waals surface area (Å²) in [4.78, 5) is 15.5. The van der Waals surface area contributed by atoms with Crippen molar-refractivity contribution >= 4 is 26.7 Å². The molecule has 0 saturated carbocycles. The average molecular weight is 444 g/mol. The van der Waals surface area contributed by atoms with Gasteiger partial charge < -0.3 is 5.32 Å². The third-order valence-corrected chi connectivity index (χ3v) is 8.72. The molecule has 1 atom stereocenters. The Morgan fingerprint density at radius 1 is 1.03 bits per heavy atom. The first-order valence-electron chi connectivity index (χ1n) is 11.5. The Morgan fingerprint density at radius 3 is 2.39 bits per heavy atom. The van der Waals surface area contributed by atoms with E-state index in [9.17, 15) is 13.2 Å². The minimum atomic E-state index is -3.55. The molecule has 2 aromatic carbocycles. The summed E-state index contributed by atoms with van der Waals surface area (Å²) >= 11 is 0. The largest absolute Gasteiger partial charge is 0.354 e. The molecular weight excluding hydrogens is 410 g/mol. The van der Waals surface area contributed by atoms with E-state index in [1.54, 1.807) is 12.1 Å². The number of hydrogen-bond donors (Lipinski definition) is 1. The van der Waals surface area contributed by atoms with Gasteiger partial charge in [0, 0.05) is 31.6 Å². The fourth-order valence-electron chi connectivity index (χ4n) is 4.84.